The second kappa shape index (κ2) is 5.51. The van der Waals surface area contributed by atoms with E-state index in [1.54, 1.807) is 0 Å². The summed E-state index contributed by atoms with van der Waals surface area (Å²) >= 11 is 0. The van der Waals surface area contributed by atoms with E-state index in [1.807, 2.05) is 0 Å². The van der Waals surface area contributed by atoms with E-state index < -0.39 is 27.5 Å². The first-order chi connectivity index (χ1) is 9.79. The van der Waals surface area contributed by atoms with Gasteiger partial charge in [-0.3, -0.25) is 4.79 Å². The summed E-state index contributed by atoms with van der Waals surface area (Å²) in [5.74, 6) is -2.04. The number of para-hydroxylation sites is 1. The van der Waals surface area contributed by atoms with Crippen LogP contribution in [-0.4, -0.2) is 19.4 Å². The van der Waals surface area contributed by atoms with Crippen LogP contribution < -0.4 is 10.5 Å². The summed E-state index contributed by atoms with van der Waals surface area (Å²) in [5.41, 5.74) is -0.227. The van der Waals surface area contributed by atoms with Gasteiger partial charge in [0, 0.05) is 6.07 Å². The van der Waals surface area contributed by atoms with Gasteiger partial charge < -0.3 is 10.4 Å². The Morgan fingerprint density at radius 3 is 2.48 bits per heavy atom. The summed E-state index contributed by atoms with van der Waals surface area (Å²) in [4.78, 5) is 11.7. The highest BCUT2D eigenvalue weighted by atomic mass is 32.2. The molecule has 0 heterocycles. The highest BCUT2D eigenvalue weighted by molar-refractivity contribution is 7.89. The molecule has 0 atom stereocenters. The number of nitrogens with one attached hydrogen (secondary N) is 1. The Hall–Kier alpha value is -2.45. The Bertz CT molecular complexity index is 806. The second-order valence-electron chi connectivity index (χ2n) is 4.16. The number of phenols is 1. The predicted molar refractivity (Wildman–Crippen MR) is 73.8 cm³/mol. The number of rotatable bonds is 3. The Kier molecular flexibility index (Phi) is 3.92. The quantitative estimate of drug-likeness (QED) is 0.796. The minimum Gasteiger partial charge on any atom is -0.507 e. The highest BCUT2D eigenvalue weighted by Gasteiger charge is 2.17. The Labute approximate surface area is 120 Å². The number of hydrogen-bond donors (Lipinski definition) is 3. The molecule has 2 aromatic carbocycles. The molecule has 0 aliphatic carbocycles. The number of hydrogen-bond acceptors (Lipinski definition) is 4. The zero-order valence-electron chi connectivity index (χ0n) is 10.6. The van der Waals surface area contributed by atoms with E-state index in [9.17, 15) is 22.7 Å². The molecule has 0 aliphatic heterocycles. The van der Waals surface area contributed by atoms with Crippen molar-refractivity contribution < 1.29 is 22.7 Å². The van der Waals surface area contributed by atoms with E-state index in [1.165, 1.54) is 24.3 Å². The van der Waals surface area contributed by atoms with E-state index in [2.05, 4.69) is 5.32 Å². The van der Waals surface area contributed by atoms with Gasteiger partial charge in [0.05, 0.1) is 11.3 Å². The second-order valence-corrected chi connectivity index (χ2v) is 5.69. The maximum absolute atomic E-state index is 12.9. The van der Waals surface area contributed by atoms with Crippen LogP contribution in [0.1, 0.15) is 10.4 Å². The van der Waals surface area contributed by atoms with Gasteiger partial charge in [-0.05, 0) is 24.3 Å². The molecular formula is C13H11FN2O4S. The van der Waals surface area contributed by atoms with Crippen LogP contribution in [-0.2, 0) is 10.0 Å². The minimum atomic E-state index is -4.02. The number of sulfonamides is 1. The minimum absolute atomic E-state index is 0.0336. The smallest absolute Gasteiger partial charge is 0.259 e. The molecule has 0 aromatic heterocycles. The van der Waals surface area contributed by atoms with Crippen molar-refractivity contribution in [3.05, 3.63) is 53.8 Å². The van der Waals surface area contributed by atoms with E-state index in [0.717, 1.165) is 18.2 Å². The van der Waals surface area contributed by atoms with Crippen molar-refractivity contribution in [3.63, 3.8) is 0 Å². The van der Waals surface area contributed by atoms with Gasteiger partial charge in [-0.15, -0.1) is 0 Å². The van der Waals surface area contributed by atoms with Crippen molar-refractivity contribution in [1.29, 1.82) is 0 Å². The maximum Gasteiger partial charge on any atom is 0.259 e. The first-order valence-corrected chi connectivity index (χ1v) is 7.25. The molecule has 0 saturated heterocycles. The third kappa shape index (κ3) is 3.36. The fraction of sp³-hybridized carbons (Fsp3) is 0. The van der Waals surface area contributed by atoms with Gasteiger partial charge in [0.25, 0.3) is 5.91 Å². The molecule has 0 fully saturated rings. The fourth-order valence-corrected chi connectivity index (χ4v) is 2.40. The lowest BCUT2D eigenvalue weighted by atomic mass is 10.2. The number of carbonyl (C=O) groups excluding carboxylic acids is 1. The third-order valence-corrected chi connectivity index (χ3v) is 3.62. The van der Waals surface area contributed by atoms with Crippen molar-refractivity contribution in [2.75, 3.05) is 5.32 Å². The summed E-state index contributed by atoms with van der Waals surface area (Å²) in [6, 6.07) is 8.40. The van der Waals surface area contributed by atoms with Gasteiger partial charge in [0.1, 0.15) is 16.5 Å². The topological polar surface area (TPSA) is 109 Å². The summed E-state index contributed by atoms with van der Waals surface area (Å²) in [6.45, 7) is 0. The average Bonchev–Trinajstić information content (AvgIpc) is 2.37. The largest absolute Gasteiger partial charge is 0.507 e. The van der Waals surface area contributed by atoms with Gasteiger partial charge in [-0.2, -0.15) is 0 Å². The van der Waals surface area contributed by atoms with E-state index in [-0.39, 0.29) is 16.1 Å². The number of aromatic hydroxyl groups is 1. The van der Waals surface area contributed by atoms with Gasteiger partial charge >= 0.3 is 0 Å². The summed E-state index contributed by atoms with van der Waals surface area (Å²) in [5, 5.41) is 16.9. The molecule has 2 aromatic rings. The van der Waals surface area contributed by atoms with E-state index >= 15 is 0 Å². The summed E-state index contributed by atoms with van der Waals surface area (Å²) < 4.78 is 35.7. The van der Waals surface area contributed by atoms with Crippen LogP contribution in [0.25, 0.3) is 0 Å². The van der Waals surface area contributed by atoms with E-state index in [0.29, 0.717) is 0 Å². The van der Waals surface area contributed by atoms with Crippen molar-refractivity contribution in [2.45, 2.75) is 4.90 Å². The van der Waals surface area contributed by atoms with Gasteiger partial charge in [-0.25, -0.2) is 17.9 Å². The zero-order valence-corrected chi connectivity index (χ0v) is 11.4. The molecule has 0 saturated carbocycles. The zero-order chi connectivity index (χ0) is 15.6. The lowest BCUT2D eigenvalue weighted by Gasteiger charge is -2.10. The lowest BCUT2D eigenvalue weighted by Crippen LogP contribution is -2.18. The third-order valence-electron chi connectivity index (χ3n) is 2.65. The molecule has 4 N–H and O–H groups in total. The molecule has 110 valence electrons. The lowest BCUT2D eigenvalue weighted by molar-refractivity contribution is 0.102. The molecule has 0 unspecified atom stereocenters. The number of phenolic OH excluding ortho intramolecular Hbond substituents is 1. The predicted octanol–water partition coefficient (Wildman–Crippen LogP) is 1.43. The first kappa shape index (κ1) is 14.9. The van der Waals surface area contributed by atoms with Crippen molar-refractivity contribution >= 4 is 21.6 Å². The molecule has 0 radical (unpaired) electrons. The highest BCUT2D eigenvalue weighted by Crippen LogP contribution is 2.23. The number of primary sulfonamides is 1. The number of benzene rings is 2. The number of anilines is 1. The Morgan fingerprint density at radius 1 is 1.19 bits per heavy atom. The average molecular weight is 310 g/mol. The van der Waals surface area contributed by atoms with E-state index in [4.69, 9.17) is 5.14 Å². The molecule has 21 heavy (non-hydrogen) atoms. The van der Waals surface area contributed by atoms with Crippen LogP contribution in [0.2, 0.25) is 0 Å². The first-order valence-electron chi connectivity index (χ1n) is 5.71. The molecule has 6 nitrogen and oxygen atoms in total. The molecule has 0 bridgehead atoms. The summed E-state index contributed by atoms with van der Waals surface area (Å²) in [7, 11) is -4.02. The molecular weight excluding hydrogens is 299 g/mol. The van der Waals surface area contributed by atoms with Gasteiger partial charge in [-0.1, -0.05) is 12.1 Å². The van der Waals surface area contributed by atoms with Crippen LogP contribution >= 0.6 is 0 Å². The molecule has 2 rings (SSSR count). The summed E-state index contributed by atoms with van der Waals surface area (Å²) in [6.07, 6.45) is 0. The number of nitrogens with two attached hydrogens (primary N) is 1. The maximum atomic E-state index is 12.9. The van der Waals surface area contributed by atoms with Crippen LogP contribution in [0.3, 0.4) is 0 Å². The van der Waals surface area contributed by atoms with Gasteiger partial charge in [0.2, 0.25) is 10.0 Å². The number of halogens is 1. The van der Waals surface area contributed by atoms with Crippen molar-refractivity contribution in [3.8, 4) is 5.75 Å². The van der Waals surface area contributed by atoms with Crippen LogP contribution in [0.15, 0.2) is 47.4 Å². The molecule has 0 spiro atoms. The monoisotopic (exact) mass is 310 g/mol. The fourth-order valence-electron chi connectivity index (χ4n) is 1.70. The Morgan fingerprint density at radius 2 is 1.86 bits per heavy atom. The van der Waals surface area contributed by atoms with Crippen LogP contribution in [0.5, 0.6) is 5.75 Å². The molecule has 8 heteroatoms. The van der Waals surface area contributed by atoms with Crippen LogP contribution in [0, 0.1) is 5.82 Å². The molecule has 1 amide bonds. The number of carbonyl (C=O) groups is 1. The molecule has 0 aliphatic rings. The Balaban J connectivity index is 2.37. The normalized spacial score (nSPS) is 11.1. The van der Waals surface area contributed by atoms with Gasteiger partial charge in [0.15, 0.2) is 0 Å². The van der Waals surface area contributed by atoms with Crippen LogP contribution in [0.4, 0.5) is 10.1 Å². The standard InChI is InChI=1S/C13H11FN2O4S/c14-8-5-6-9(11(17)7-8)13(18)16-10-3-1-2-4-12(10)21(15,19)20/h1-7,17H,(H,16,18)(H2,15,19,20). The van der Waals surface area contributed by atoms with Crippen molar-refractivity contribution in [2.24, 2.45) is 5.14 Å². The SMILES string of the molecule is NS(=O)(=O)c1ccccc1NC(=O)c1ccc(F)cc1O. The number of amides is 1. The van der Waals surface area contributed by atoms with Crippen molar-refractivity contribution in [1.82, 2.24) is 0 Å².